The van der Waals surface area contributed by atoms with Crippen LogP contribution in [-0.4, -0.2) is 11.8 Å². The zero-order valence-electron chi connectivity index (χ0n) is 8.96. The average Bonchev–Trinajstić information content (AvgIpc) is 2.87. The Bertz CT molecular complexity index is 356. The van der Waals surface area contributed by atoms with Crippen molar-refractivity contribution in [1.29, 1.82) is 0 Å². The highest BCUT2D eigenvalue weighted by Crippen LogP contribution is 2.36. The second-order valence-corrected chi connectivity index (χ2v) is 5.89. The van der Waals surface area contributed by atoms with Crippen molar-refractivity contribution >= 4 is 17.4 Å². The number of rotatable bonds is 2. The molecular weight excluding hydrogens is 202 g/mol. The molecule has 0 unspecified atom stereocenters. The van der Waals surface area contributed by atoms with Crippen LogP contribution in [0.1, 0.15) is 31.2 Å². The van der Waals surface area contributed by atoms with Crippen LogP contribution in [0.25, 0.3) is 0 Å². The molecule has 1 aromatic carbocycles. The minimum Gasteiger partial charge on any atom is -0.384 e. The Kier molecular flexibility index (Phi) is 2.61. The molecular formula is C13H17NS. The van der Waals surface area contributed by atoms with Gasteiger partial charge in [-0.25, -0.2) is 0 Å². The van der Waals surface area contributed by atoms with E-state index in [9.17, 15) is 0 Å². The minimum atomic E-state index is 0.886. The zero-order valence-corrected chi connectivity index (χ0v) is 9.78. The fourth-order valence-corrected chi connectivity index (χ4v) is 3.86. The van der Waals surface area contributed by atoms with Crippen molar-refractivity contribution in [1.82, 2.24) is 0 Å². The van der Waals surface area contributed by atoms with Gasteiger partial charge in [-0.3, -0.25) is 0 Å². The third-order valence-electron chi connectivity index (χ3n) is 3.39. The Labute approximate surface area is 95.6 Å². The van der Waals surface area contributed by atoms with Crippen molar-refractivity contribution in [3.8, 4) is 0 Å². The average molecular weight is 219 g/mol. The first-order valence-corrected chi connectivity index (χ1v) is 6.83. The van der Waals surface area contributed by atoms with Crippen molar-refractivity contribution < 1.29 is 0 Å². The molecule has 80 valence electrons. The van der Waals surface area contributed by atoms with Crippen LogP contribution in [0.2, 0.25) is 0 Å². The van der Waals surface area contributed by atoms with Gasteiger partial charge in [0.2, 0.25) is 0 Å². The molecule has 0 amide bonds. The first-order valence-electron chi connectivity index (χ1n) is 5.95. The number of hydrogen-bond donors (Lipinski definition) is 1. The molecule has 1 fully saturated rings. The van der Waals surface area contributed by atoms with E-state index in [1.165, 1.54) is 48.3 Å². The molecule has 0 saturated heterocycles. The van der Waals surface area contributed by atoms with Crippen LogP contribution >= 0.6 is 11.8 Å². The summed E-state index contributed by atoms with van der Waals surface area (Å²) >= 11 is 2.09. The normalized spacial score (nSPS) is 20.3. The fraction of sp³-hybridized carbons (Fsp3) is 0.538. The van der Waals surface area contributed by atoms with E-state index in [0.717, 1.165) is 11.8 Å². The van der Waals surface area contributed by atoms with E-state index in [4.69, 9.17) is 0 Å². The Morgan fingerprint density at radius 2 is 2.07 bits per heavy atom. The van der Waals surface area contributed by atoms with Crippen molar-refractivity contribution in [2.75, 3.05) is 11.9 Å². The van der Waals surface area contributed by atoms with E-state index < -0.39 is 0 Å². The van der Waals surface area contributed by atoms with Crippen LogP contribution in [0.3, 0.4) is 0 Å². The summed E-state index contributed by atoms with van der Waals surface area (Å²) in [5.74, 6) is 0. The molecule has 0 bridgehead atoms. The summed E-state index contributed by atoms with van der Waals surface area (Å²) < 4.78 is 0. The molecule has 1 saturated carbocycles. The topological polar surface area (TPSA) is 12.0 Å². The summed E-state index contributed by atoms with van der Waals surface area (Å²) in [5, 5.41) is 4.30. The summed E-state index contributed by atoms with van der Waals surface area (Å²) in [5.41, 5.74) is 2.86. The molecule has 2 heteroatoms. The summed E-state index contributed by atoms with van der Waals surface area (Å²) in [6, 6.07) is 6.91. The van der Waals surface area contributed by atoms with Crippen LogP contribution in [0, 0.1) is 0 Å². The second-order valence-electron chi connectivity index (χ2n) is 4.52. The van der Waals surface area contributed by atoms with Crippen molar-refractivity contribution in [3.05, 3.63) is 23.8 Å². The van der Waals surface area contributed by atoms with Gasteiger partial charge in [-0.15, -0.1) is 11.8 Å². The SMILES string of the molecule is c1cc2c(cc1SC1CCCC1)CCN2. The van der Waals surface area contributed by atoms with Crippen LogP contribution in [0.5, 0.6) is 0 Å². The summed E-state index contributed by atoms with van der Waals surface area (Å²) in [7, 11) is 0. The van der Waals surface area contributed by atoms with E-state index in [2.05, 4.69) is 35.3 Å². The van der Waals surface area contributed by atoms with Gasteiger partial charge in [-0.05, 0) is 43.0 Å². The van der Waals surface area contributed by atoms with Gasteiger partial charge in [0.25, 0.3) is 0 Å². The van der Waals surface area contributed by atoms with Gasteiger partial charge in [0.1, 0.15) is 0 Å². The molecule has 1 nitrogen and oxygen atoms in total. The molecule has 1 aliphatic heterocycles. The van der Waals surface area contributed by atoms with Gasteiger partial charge >= 0.3 is 0 Å². The van der Waals surface area contributed by atoms with Gasteiger partial charge < -0.3 is 5.32 Å². The molecule has 1 aliphatic carbocycles. The third-order valence-corrected chi connectivity index (χ3v) is 4.72. The van der Waals surface area contributed by atoms with Gasteiger partial charge in [0.15, 0.2) is 0 Å². The van der Waals surface area contributed by atoms with E-state index in [1.54, 1.807) is 0 Å². The molecule has 0 radical (unpaired) electrons. The molecule has 1 heterocycles. The maximum atomic E-state index is 3.41. The maximum Gasteiger partial charge on any atom is 0.0374 e. The number of fused-ring (bicyclic) bond motifs is 1. The number of nitrogens with one attached hydrogen (secondary N) is 1. The van der Waals surface area contributed by atoms with Crippen LogP contribution in [0.4, 0.5) is 5.69 Å². The van der Waals surface area contributed by atoms with Crippen molar-refractivity contribution in [3.63, 3.8) is 0 Å². The lowest BCUT2D eigenvalue weighted by molar-refractivity contribution is 0.886. The summed E-state index contributed by atoms with van der Waals surface area (Å²) in [6.45, 7) is 1.12. The van der Waals surface area contributed by atoms with E-state index in [1.807, 2.05) is 0 Å². The molecule has 0 aromatic heterocycles. The zero-order chi connectivity index (χ0) is 10.1. The monoisotopic (exact) mass is 219 g/mol. The number of hydrogen-bond acceptors (Lipinski definition) is 2. The highest BCUT2D eigenvalue weighted by atomic mass is 32.2. The predicted octanol–water partition coefficient (Wildman–Crippen LogP) is 3.69. The maximum absolute atomic E-state index is 3.41. The Hall–Kier alpha value is -0.630. The third kappa shape index (κ3) is 2.00. The Balaban J connectivity index is 1.75. The second kappa shape index (κ2) is 4.09. The molecule has 15 heavy (non-hydrogen) atoms. The van der Waals surface area contributed by atoms with Crippen molar-refractivity contribution in [2.45, 2.75) is 42.2 Å². The van der Waals surface area contributed by atoms with E-state index in [0.29, 0.717) is 0 Å². The molecule has 1 aromatic rings. The molecule has 1 N–H and O–H groups in total. The van der Waals surface area contributed by atoms with Gasteiger partial charge in [0, 0.05) is 22.4 Å². The minimum absolute atomic E-state index is 0.886. The quantitative estimate of drug-likeness (QED) is 0.814. The van der Waals surface area contributed by atoms with Crippen LogP contribution in [-0.2, 0) is 6.42 Å². The van der Waals surface area contributed by atoms with Gasteiger partial charge in [-0.2, -0.15) is 0 Å². The smallest absolute Gasteiger partial charge is 0.0374 e. The molecule has 3 rings (SSSR count). The van der Waals surface area contributed by atoms with Crippen molar-refractivity contribution in [2.24, 2.45) is 0 Å². The molecule has 0 atom stereocenters. The number of anilines is 1. The lowest BCUT2D eigenvalue weighted by Crippen LogP contribution is -1.93. The van der Waals surface area contributed by atoms with Gasteiger partial charge in [0.05, 0.1) is 0 Å². The summed E-state index contributed by atoms with van der Waals surface area (Å²) in [4.78, 5) is 1.48. The van der Waals surface area contributed by atoms with E-state index >= 15 is 0 Å². The van der Waals surface area contributed by atoms with Gasteiger partial charge in [-0.1, -0.05) is 12.8 Å². The lowest BCUT2D eigenvalue weighted by Gasteiger charge is -2.09. The standard InChI is InChI=1S/C13H17NS/c1-2-4-11(3-1)15-12-5-6-13-10(9-12)7-8-14-13/h5-6,9,11,14H,1-4,7-8H2. The Morgan fingerprint density at radius 1 is 1.20 bits per heavy atom. The Morgan fingerprint density at radius 3 is 2.93 bits per heavy atom. The lowest BCUT2D eigenvalue weighted by atomic mass is 10.2. The highest BCUT2D eigenvalue weighted by Gasteiger charge is 2.17. The number of thioether (sulfide) groups is 1. The number of benzene rings is 1. The van der Waals surface area contributed by atoms with Crippen LogP contribution < -0.4 is 5.32 Å². The summed E-state index contributed by atoms with van der Waals surface area (Å²) in [6.07, 6.45) is 6.91. The van der Waals surface area contributed by atoms with E-state index in [-0.39, 0.29) is 0 Å². The fourth-order valence-electron chi connectivity index (χ4n) is 2.55. The predicted molar refractivity (Wildman–Crippen MR) is 66.7 cm³/mol. The first kappa shape index (κ1) is 9.59. The van der Waals surface area contributed by atoms with Crippen LogP contribution in [0.15, 0.2) is 23.1 Å². The molecule has 0 spiro atoms. The molecule has 2 aliphatic rings. The highest BCUT2D eigenvalue weighted by molar-refractivity contribution is 8.00. The first-order chi connectivity index (χ1) is 7.42. The largest absolute Gasteiger partial charge is 0.384 e.